The molecule has 21 heavy (non-hydrogen) atoms. The summed E-state index contributed by atoms with van der Waals surface area (Å²) in [7, 11) is 1.91. The van der Waals surface area contributed by atoms with Gasteiger partial charge in [0.15, 0.2) is 0 Å². The highest BCUT2D eigenvalue weighted by Crippen LogP contribution is 2.32. The first-order valence-electron chi connectivity index (χ1n) is 8.32. The van der Waals surface area contributed by atoms with E-state index in [-0.39, 0.29) is 11.9 Å². The van der Waals surface area contributed by atoms with Crippen LogP contribution >= 0.6 is 0 Å². The molecule has 1 aliphatic carbocycles. The van der Waals surface area contributed by atoms with Crippen LogP contribution in [0.25, 0.3) is 0 Å². The largest absolute Gasteiger partial charge is 0.310 e. The van der Waals surface area contributed by atoms with Gasteiger partial charge in [0.1, 0.15) is 5.82 Å². The molecule has 0 spiro atoms. The molecule has 5 heteroatoms. The van der Waals surface area contributed by atoms with Crippen LogP contribution in [0, 0.1) is 0 Å². The van der Waals surface area contributed by atoms with E-state index in [1.54, 1.807) is 0 Å². The Morgan fingerprint density at radius 3 is 2.71 bits per heavy atom. The van der Waals surface area contributed by atoms with Gasteiger partial charge in [-0.3, -0.25) is 9.48 Å². The third-order valence-electron chi connectivity index (χ3n) is 4.80. The highest BCUT2D eigenvalue weighted by molar-refractivity contribution is 5.94. The highest BCUT2D eigenvalue weighted by Gasteiger charge is 2.23. The minimum absolute atomic E-state index is 0.0493. The maximum atomic E-state index is 12.3. The molecule has 1 saturated heterocycles. The Labute approximate surface area is 126 Å². The number of aromatic nitrogens is 2. The number of carbonyl (C=O) groups excluding carboxylic acids is 1. The van der Waals surface area contributed by atoms with E-state index in [1.807, 2.05) is 11.7 Å². The predicted octanol–water partition coefficient (Wildman–Crippen LogP) is 2.55. The van der Waals surface area contributed by atoms with Crippen LogP contribution < -0.4 is 10.6 Å². The molecule has 1 unspecified atom stereocenters. The molecule has 0 bridgehead atoms. The molecule has 0 radical (unpaired) electrons. The van der Waals surface area contributed by atoms with E-state index in [0.717, 1.165) is 30.9 Å². The maximum absolute atomic E-state index is 12.3. The van der Waals surface area contributed by atoms with Gasteiger partial charge in [0.2, 0.25) is 5.91 Å². The van der Waals surface area contributed by atoms with Gasteiger partial charge in [0.25, 0.3) is 0 Å². The Balaban J connectivity index is 1.64. The van der Waals surface area contributed by atoms with Crippen LogP contribution in [0.3, 0.4) is 0 Å². The van der Waals surface area contributed by atoms with Crippen molar-refractivity contribution in [3.63, 3.8) is 0 Å². The Bertz CT molecular complexity index is 484. The van der Waals surface area contributed by atoms with Crippen molar-refractivity contribution in [3.8, 4) is 0 Å². The van der Waals surface area contributed by atoms with Crippen molar-refractivity contribution < 1.29 is 4.79 Å². The average molecular weight is 290 g/mol. The van der Waals surface area contributed by atoms with Gasteiger partial charge < -0.3 is 10.6 Å². The smallest absolute Gasteiger partial charge is 0.242 e. The van der Waals surface area contributed by atoms with Gasteiger partial charge >= 0.3 is 0 Å². The number of nitrogens with zero attached hydrogens (tertiary/aromatic N) is 2. The van der Waals surface area contributed by atoms with Crippen molar-refractivity contribution in [2.75, 3.05) is 11.9 Å². The van der Waals surface area contributed by atoms with Crippen molar-refractivity contribution >= 4 is 11.7 Å². The van der Waals surface area contributed by atoms with Crippen molar-refractivity contribution in [3.05, 3.63) is 11.8 Å². The minimum Gasteiger partial charge on any atom is -0.310 e. The molecule has 1 amide bonds. The van der Waals surface area contributed by atoms with E-state index < -0.39 is 0 Å². The summed E-state index contributed by atoms with van der Waals surface area (Å²) in [5.41, 5.74) is 1.14. The number of nitrogens with one attached hydrogen (secondary N) is 2. The molecule has 5 nitrogen and oxygen atoms in total. The van der Waals surface area contributed by atoms with Gasteiger partial charge in [-0.2, -0.15) is 5.10 Å². The van der Waals surface area contributed by atoms with Gasteiger partial charge in [-0.15, -0.1) is 0 Å². The van der Waals surface area contributed by atoms with Gasteiger partial charge in [-0.1, -0.05) is 25.7 Å². The lowest BCUT2D eigenvalue weighted by atomic mass is 9.87. The summed E-state index contributed by atoms with van der Waals surface area (Å²) in [6, 6.07) is 2.02. The second-order valence-corrected chi connectivity index (χ2v) is 6.40. The molecule has 1 saturated carbocycles. The first kappa shape index (κ1) is 14.6. The molecule has 2 aliphatic rings. The summed E-state index contributed by atoms with van der Waals surface area (Å²) < 4.78 is 1.81. The van der Waals surface area contributed by atoms with Crippen LogP contribution in [-0.2, 0) is 11.8 Å². The number of hydrogen-bond donors (Lipinski definition) is 2. The second-order valence-electron chi connectivity index (χ2n) is 6.40. The lowest BCUT2D eigenvalue weighted by Crippen LogP contribution is -2.43. The van der Waals surface area contributed by atoms with Gasteiger partial charge in [-0.05, 0) is 32.2 Å². The van der Waals surface area contributed by atoms with Crippen LogP contribution in [0.5, 0.6) is 0 Å². The van der Waals surface area contributed by atoms with E-state index in [0.29, 0.717) is 5.92 Å². The van der Waals surface area contributed by atoms with E-state index in [9.17, 15) is 4.79 Å². The van der Waals surface area contributed by atoms with Crippen LogP contribution in [0.1, 0.15) is 63.0 Å². The predicted molar refractivity (Wildman–Crippen MR) is 83.3 cm³/mol. The first-order valence-corrected chi connectivity index (χ1v) is 8.32. The van der Waals surface area contributed by atoms with Crippen molar-refractivity contribution in [1.82, 2.24) is 15.1 Å². The van der Waals surface area contributed by atoms with Gasteiger partial charge in [0, 0.05) is 19.0 Å². The zero-order chi connectivity index (χ0) is 14.7. The molecule has 3 rings (SSSR count). The molecule has 116 valence electrons. The summed E-state index contributed by atoms with van der Waals surface area (Å²) in [4.78, 5) is 12.3. The van der Waals surface area contributed by atoms with Crippen molar-refractivity contribution in [2.24, 2.45) is 7.05 Å². The normalized spacial score (nSPS) is 24.0. The molecule has 1 aromatic heterocycles. The topological polar surface area (TPSA) is 59.0 Å². The molecule has 0 aromatic carbocycles. The molecular weight excluding hydrogens is 264 g/mol. The summed E-state index contributed by atoms with van der Waals surface area (Å²) >= 11 is 0. The fourth-order valence-corrected chi connectivity index (χ4v) is 3.49. The van der Waals surface area contributed by atoms with Crippen LogP contribution in [-0.4, -0.2) is 28.3 Å². The summed E-state index contributed by atoms with van der Waals surface area (Å²) in [6.07, 6.45) is 9.64. The fraction of sp³-hybridized carbons (Fsp3) is 0.750. The Morgan fingerprint density at radius 2 is 2.00 bits per heavy atom. The number of piperidine rings is 1. The minimum atomic E-state index is -0.0493. The number of aryl methyl sites for hydroxylation is 1. The quantitative estimate of drug-likeness (QED) is 0.899. The molecule has 1 atom stereocenters. The van der Waals surface area contributed by atoms with Crippen LogP contribution in [0.2, 0.25) is 0 Å². The molecular formula is C16H26N4O. The monoisotopic (exact) mass is 290 g/mol. The van der Waals surface area contributed by atoms with Crippen molar-refractivity contribution in [2.45, 2.75) is 63.3 Å². The molecule has 2 fully saturated rings. The zero-order valence-corrected chi connectivity index (χ0v) is 12.9. The molecule has 1 aromatic rings. The second kappa shape index (κ2) is 6.60. The van der Waals surface area contributed by atoms with Crippen LogP contribution in [0.4, 0.5) is 5.82 Å². The van der Waals surface area contributed by atoms with Crippen LogP contribution in [0.15, 0.2) is 6.07 Å². The maximum Gasteiger partial charge on any atom is 0.242 e. The summed E-state index contributed by atoms with van der Waals surface area (Å²) in [5.74, 6) is 1.48. The fourth-order valence-electron chi connectivity index (χ4n) is 3.49. The Morgan fingerprint density at radius 1 is 1.24 bits per heavy atom. The highest BCUT2D eigenvalue weighted by atomic mass is 16.2. The lowest BCUT2D eigenvalue weighted by molar-refractivity contribution is -0.118. The molecule has 2 heterocycles. The zero-order valence-electron chi connectivity index (χ0n) is 12.9. The SMILES string of the molecule is Cn1nc(C2CCCCC2)cc1NC(=O)C1CCCCN1. The number of amides is 1. The lowest BCUT2D eigenvalue weighted by Gasteiger charge is -2.22. The third-order valence-corrected chi connectivity index (χ3v) is 4.80. The number of rotatable bonds is 3. The number of hydrogen-bond acceptors (Lipinski definition) is 3. The third kappa shape index (κ3) is 3.46. The Kier molecular flexibility index (Phi) is 4.58. The average Bonchev–Trinajstić information content (AvgIpc) is 2.90. The van der Waals surface area contributed by atoms with E-state index in [1.165, 1.54) is 38.5 Å². The molecule has 2 N–H and O–H groups in total. The number of carbonyl (C=O) groups is 1. The van der Waals surface area contributed by atoms with E-state index in [2.05, 4.69) is 21.8 Å². The van der Waals surface area contributed by atoms with Gasteiger partial charge in [-0.25, -0.2) is 0 Å². The van der Waals surface area contributed by atoms with E-state index in [4.69, 9.17) is 0 Å². The summed E-state index contributed by atoms with van der Waals surface area (Å²) in [6.45, 7) is 0.941. The number of anilines is 1. The Hall–Kier alpha value is -1.36. The summed E-state index contributed by atoms with van der Waals surface area (Å²) in [5, 5.41) is 10.9. The molecule has 1 aliphatic heterocycles. The van der Waals surface area contributed by atoms with E-state index >= 15 is 0 Å². The standard InChI is InChI=1S/C16H26N4O/c1-20-15(18-16(21)13-9-5-6-10-17-13)11-14(19-20)12-7-3-2-4-8-12/h11-13,17H,2-10H2,1H3,(H,18,21). The van der Waals surface area contributed by atoms with Gasteiger partial charge in [0.05, 0.1) is 11.7 Å². The first-order chi connectivity index (χ1) is 10.2. The van der Waals surface area contributed by atoms with Crippen molar-refractivity contribution in [1.29, 1.82) is 0 Å².